The molecule has 0 aliphatic carbocycles. The summed E-state index contributed by atoms with van der Waals surface area (Å²) in [5.41, 5.74) is 0.930. The van der Waals surface area contributed by atoms with Crippen LogP contribution >= 0.6 is 15.9 Å². The normalized spacial score (nSPS) is 10.0. The summed E-state index contributed by atoms with van der Waals surface area (Å²) in [5.74, 6) is 1.34. The summed E-state index contributed by atoms with van der Waals surface area (Å²) in [5, 5.41) is 6.09. The Morgan fingerprint density at radius 2 is 1.89 bits per heavy atom. The number of carbonyl (C=O) groups is 1. The van der Waals surface area contributed by atoms with E-state index < -0.39 is 0 Å². The molecule has 5 nitrogen and oxygen atoms in total. The van der Waals surface area contributed by atoms with E-state index in [4.69, 9.17) is 0 Å². The van der Waals surface area contributed by atoms with E-state index in [1.54, 1.807) is 6.07 Å². The SMILES string of the molecule is CC(=O)CNc1cc(Nc2ccc(Br)cc2)ncn1. The molecule has 1 aromatic carbocycles. The van der Waals surface area contributed by atoms with Crippen LogP contribution in [0.2, 0.25) is 0 Å². The number of benzene rings is 1. The number of hydrogen-bond acceptors (Lipinski definition) is 5. The molecule has 19 heavy (non-hydrogen) atoms. The maximum Gasteiger partial charge on any atom is 0.148 e. The third-order valence-corrected chi connectivity index (χ3v) is 2.83. The van der Waals surface area contributed by atoms with Crippen LogP contribution in [0.1, 0.15) is 6.92 Å². The van der Waals surface area contributed by atoms with Crippen molar-refractivity contribution in [1.29, 1.82) is 0 Å². The van der Waals surface area contributed by atoms with Crippen LogP contribution in [0.5, 0.6) is 0 Å². The van der Waals surface area contributed by atoms with Gasteiger partial charge in [0.1, 0.15) is 23.7 Å². The lowest BCUT2D eigenvalue weighted by Crippen LogP contribution is -2.11. The number of hydrogen-bond donors (Lipinski definition) is 2. The van der Waals surface area contributed by atoms with Crippen LogP contribution < -0.4 is 10.6 Å². The van der Waals surface area contributed by atoms with Crippen LogP contribution in [-0.2, 0) is 4.79 Å². The van der Waals surface area contributed by atoms with E-state index in [1.165, 1.54) is 13.3 Å². The molecule has 1 aromatic heterocycles. The van der Waals surface area contributed by atoms with Gasteiger partial charge in [-0.05, 0) is 31.2 Å². The minimum Gasteiger partial charge on any atom is -0.363 e. The Balaban J connectivity index is 2.06. The smallest absolute Gasteiger partial charge is 0.148 e. The van der Waals surface area contributed by atoms with Crippen molar-refractivity contribution >= 4 is 39.0 Å². The van der Waals surface area contributed by atoms with Gasteiger partial charge in [-0.1, -0.05) is 15.9 Å². The fourth-order valence-electron chi connectivity index (χ4n) is 1.42. The number of rotatable bonds is 5. The largest absolute Gasteiger partial charge is 0.363 e. The van der Waals surface area contributed by atoms with Gasteiger partial charge in [0.05, 0.1) is 6.54 Å². The monoisotopic (exact) mass is 320 g/mol. The number of anilines is 3. The third-order valence-electron chi connectivity index (χ3n) is 2.30. The van der Waals surface area contributed by atoms with Gasteiger partial charge < -0.3 is 10.6 Å². The van der Waals surface area contributed by atoms with Gasteiger partial charge in [0.15, 0.2) is 0 Å². The van der Waals surface area contributed by atoms with Gasteiger partial charge in [0.25, 0.3) is 0 Å². The average Bonchev–Trinajstić information content (AvgIpc) is 2.40. The standard InChI is InChI=1S/C13H13BrN4O/c1-9(19)7-15-12-6-13(17-8-16-12)18-11-4-2-10(14)3-5-11/h2-6,8H,7H2,1H3,(H2,15,16,17,18). The Morgan fingerprint density at radius 1 is 1.21 bits per heavy atom. The van der Waals surface area contributed by atoms with Crippen LogP contribution in [0.3, 0.4) is 0 Å². The highest BCUT2D eigenvalue weighted by molar-refractivity contribution is 9.10. The maximum absolute atomic E-state index is 10.9. The van der Waals surface area contributed by atoms with Crippen molar-refractivity contribution in [2.24, 2.45) is 0 Å². The minimum atomic E-state index is 0.0565. The quantitative estimate of drug-likeness (QED) is 0.886. The molecule has 0 radical (unpaired) electrons. The van der Waals surface area contributed by atoms with Gasteiger partial charge in [-0.3, -0.25) is 4.79 Å². The number of aromatic nitrogens is 2. The highest BCUT2D eigenvalue weighted by atomic mass is 79.9. The van der Waals surface area contributed by atoms with Crippen molar-refractivity contribution in [2.45, 2.75) is 6.92 Å². The molecule has 2 rings (SSSR count). The first-order valence-electron chi connectivity index (χ1n) is 5.71. The summed E-state index contributed by atoms with van der Waals surface area (Å²) in [6.07, 6.45) is 1.45. The van der Waals surface area contributed by atoms with Crippen LogP contribution in [0.15, 0.2) is 41.1 Å². The lowest BCUT2D eigenvalue weighted by Gasteiger charge is -2.07. The lowest BCUT2D eigenvalue weighted by atomic mass is 10.3. The molecule has 0 aliphatic heterocycles. The summed E-state index contributed by atoms with van der Waals surface area (Å²) in [6.45, 7) is 1.78. The zero-order valence-corrected chi connectivity index (χ0v) is 11.9. The molecule has 0 saturated carbocycles. The van der Waals surface area contributed by atoms with E-state index in [9.17, 15) is 4.79 Å². The predicted molar refractivity (Wildman–Crippen MR) is 78.6 cm³/mol. The fourth-order valence-corrected chi connectivity index (χ4v) is 1.68. The fraction of sp³-hybridized carbons (Fsp3) is 0.154. The second kappa shape index (κ2) is 6.29. The molecule has 2 N–H and O–H groups in total. The van der Waals surface area contributed by atoms with Crippen molar-refractivity contribution < 1.29 is 4.79 Å². The number of nitrogens with one attached hydrogen (secondary N) is 2. The topological polar surface area (TPSA) is 66.9 Å². The van der Waals surface area contributed by atoms with Gasteiger partial charge in [-0.25, -0.2) is 9.97 Å². The second-order valence-electron chi connectivity index (χ2n) is 3.98. The Hall–Kier alpha value is -1.95. The van der Waals surface area contributed by atoms with Crippen molar-refractivity contribution in [3.63, 3.8) is 0 Å². The van der Waals surface area contributed by atoms with Crippen LogP contribution in [0.4, 0.5) is 17.3 Å². The summed E-state index contributed by atoms with van der Waals surface area (Å²) in [4.78, 5) is 19.1. The third kappa shape index (κ3) is 4.33. The molecule has 98 valence electrons. The maximum atomic E-state index is 10.9. The first-order valence-corrected chi connectivity index (χ1v) is 6.51. The number of ketones is 1. The van der Waals surface area contributed by atoms with E-state index in [1.807, 2.05) is 24.3 Å². The summed E-state index contributed by atoms with van der Waals surface area (Å²) in [6, 6.07) is 9.52. The Morgan fingerprint density at radius 3 is 2.58 bits per heavy atom. The Bertz CT molecular complexity index is 571. The Kier molecular flexibility index (Phi) is 4.46. The zero-order chi connectivity index (χ0) is 13.7. The zero-order valence-electron chi connectivity index (χ0n) is 10.4. The molecule has 0 aliphatic rings. The van der Waals surface area contributed by atoms with Crippen molar-refractivity contribution in [1.82, 2.24) is 9.97 Å². The predicted octanol–water partition coefficient (Wildman–Crippen LogP) is 2.98. The lowest BCUT2D eigenvalue weighted by molar-refractivity contribution is -0.115. The number of Topliss-reactive ketones (excluding diaryl/α,β-unsaturated/α-hetero) is 1. The molecule has 6 heteroatoms. The molecular weight excluding hydrogens is 308 g/mol. The molecule has 0 amide bonds. The van der Waals surface area contributed by atoms with Crippen molar-refractivity contribution in [2.75, 3.05) is 17.2 Å². The van der Waals surface area contributed by atoms with E-state index >= 15 is 0 Å². The summed E-state index contributed by atoms with van der Waals surface area (Å²) >= 11 is 3.38. The van der Waals surface area contributed by atoms with E-state index in [0.29, 0.717) is 11.6 Å². The van der Waals surface area contributed by atoms with Crippen LogP contribution in [0.25, 0.3) is 0 Å². The first kappa shape index (κ1) is 13.5. The number of nitrogens with zero attached hydrogens (tertiary/aromatic N) is 2. The molecule has 0 spiro atoms. The summed E-state index contributed by atoms with van der Waals surface area (Å²) < 4.78 is 1.02. The van der Waals surface area contributed by atoms with Gasteiger partial charge >= 0.3 is 0 Å². The van der Waals surface area contributed by atoms with Crippen molar-refractivity contribution in [3.8, 4) is 0 Å². The molecule has 0 atom stereocenters. The molecule has 2 aromatic rings. The molecule has 0 unspecified atom stereocenters. The minimum absolute atomic E-state index is 0.0565. The van der Waals surface area contributed by atoms with E-state index in [-0.39, 0.29) is 12.3 Å². The van der Waals surface area contributed by atoms with Crippen LogP contribution in [-0.4, -0.2) is 22.3 Å². The Labute approximate surface area is 119 Å². The van der Waals surface area contributed by atoms with Gasteiger partial charge in [0, 0.05) is 16.2 Å². The highest BCUT2D eigenvalue weighted by Gasteiger charge is 2.00. The van der Waals surface area contributed by atoms with Crippen LogP contribution in [0, 0.1) is 0 Å². The molecule has 1 heterocycles. The van der Waals surface area contributed by atoms with Gasteiger partial charge in [-0.15, -0.1) is 0 Å². The highest BCUT2D eigenvalue weighted by Crippen LogP contribution is 2.18. The molecule has 0 saturated heterocycles. The van der Waals surface area contributed by atoms with Gasteiger partial charge in [0.2, 0.25) is 0 Å². The summed E-state index contributed by atoms with van der Waals surface area (Å²) in [7, 11) is 0. The molecule has 0 bridgehead atoms. The molecular formula is C13H13BrN4O. The van der Waals surface area contributed by atoms with Gasteiger partial charge in [-0.2, -0.15) is 0 Å². The molecule has 0 fully saturated rings. The number of halogens is 1. The first-order chi connectivity index (χ1) is 9.13. The number of carbonyl (C=O) groups excluding carboxylic acids is 1. The van der Waals surface area contributed by atoms with E-state index in [2.05, 4.69) is 36.5 Å². The van der Waals surface area contributed by atoms with Crippen molar-refractivity contribution in [3.05, 3.63) is 41.1 Å². The second-order valence-corrected chi connectivity index (χ2v) is 4.89. The van der Waals surface area contributed by atoms with E-state index in [0.717, 1.165) is 10.2 Å². The average molecular weight is 321 g/mol.